The predicted molar refractivity (Wildman–Crippen MR) is 328 cm³/mol. The van der Waals surface area contributed by atoms with Crippen LogP contribution in [0.5, 0.6) is 0 Å². The number of carboxylic acids is 1. The monoisotopic (exact) mass is 1230 g/mol. The summed E-state index contributed by atoms with van der Waals surface area (Å²) in [5, 5.41) is 26.7. The van der Waals surface area contributed by atoms with Crippen molar-refractivity contribution < 1.29 is 52.2 Å². The number of ketones is 2. The molecule has 456 valence electrons. The summed E-state index contributed by atoms with van der Waals surface area (Å²) in [7, 11) is 0. The van der Waals surface area contributed by atoms with Gasteiger partial charge in [0.15, 0.2) is 11.6 Å². The summed E-state index contributed by atoms with van der Waals surface area (Å²) in [5.74, 6) is -5.21. The molecule has 5 amide bonds. The molecule has 8 aromatic rings. The van der Waals surface area contributed by atoms with Gasteiger partial charge in [0, 0.05) is 72.5 Å². The van der Waals surface area contributed by atoms with Gasteiger partial charge in [0.25, 0.3) is 5.91 Å². The fourth-order valence-electron chi connectivity index (χ4n) is 8.99. The third kappa shape index (κ3) is 17.9. The van der Waals surface area contributed by atoms with Gasteiger partial charge in [-0.25, -0.2) is 13.6 Å². The molecule has 8 rings (SSSR count). The highest BCUT2D eigenvalue weighted by molar-refractivity contribution is 6.31. The summed E-state index contributed by atoms with van der Waals surface area (Å²) >= 11 is 11.6. The second-order valence-corrected chi connectivity index (χ2v) is 21.7. The lowest BCUT2D eigenvalue weighted by Gasteiger charge is -2.26. The topological polar surface area (TPSA) is 261 Å². The Morgan fingerprint density at radius 1 is 0.563 bits per heavy atom. The molecular formula is C64H68Cl2F2N10O9. The molecule has 6 aromatic carbocycles. The highest BCUT2D eigenvalue weighted by Gasteiger charge is 2.26. The first-order chi connectivity index (χ1) is 41.2. The Bertz CT molecular complexity index is 3820. The number of rotatable bonds is 21. The van der Waals surface area contributed by atoms with Gasteiger partial charge in [0.2, 0.25) is 23.6 Å². The van der Waals surface area contributed by atoms with Gasteiger partial charge in [0.1, 0.15) is 36.1 Å². The van der Waals surface area contributed by atoms with Crippen molar-refractivity contribution in [2.75, 3.05) is 13.1 Å². The molecule has 0 aliphatic carbocycles. The lowest BCUT2D eigenvalue weighted by Crippen LogP contribution is -2.45. The summed E-state index contributed by atoms with van der Waals surface area (Å²) < 4.78 is 31.0. The third-order valence-corrected chi connectivity index (χ3v) is 14.3. The van der Waals surface area contributed by atoms with E-state index in [1.54, 1.807) is 58.0 Å². The average Bonchev–Trinajstić information content (AvgIpc) is 1.95. The molecule has 23 heteroatoms. The van der Waals surface area contributed by atoms with E-state index in [4.69, 9.17) is 28.9 Å². The van der Waals surface area contributed by atoms with Gasteiger partial charge in [-0.05, 0) is 101 Å². The zero-order valence-corrected chi connectivity index (χ0v) is 50.8. The van der Waals surface area contributed by atoms with Crippen molar-refractivity contribution >= 4 is 92.1 Å². The number of Topliss-reactive ketones (excluding diaryl/α,β-unsaturated/α-hetero) is 2. The smallest absolute Gasteiger partial charge is 0.335 e. The number of carbonyl (C=O) groups excluding carboxylic acids is 7. The fraction of sp³-hybridized carbons (Fsp3) is 0.281. The molecule has 0 saturated heterocycles. The lowest BCUT2D eigenvalue weighted by atomic mass is 10.1. The first kappa shape index (κ1) is 67.0. The average molecular weight is 1230 g/mol. The van der Waals surface area contributed by atoms with Crippen molar-refractivity contribution in [2.45, 2.75) is 106 Å². The maximum Gasteiger partial charge on any atom is 0.335 e. The number of nitrogens with zero attached hydrogens (tertiary/aromatic N) is 6. The molecule has 2 heterocycles. The van der Waals surface area contributed by atoms with Crippen LogP contribution in [0, 0.1) is 11.6 Å². The molecule has 87 heavy (non-hydrogen) atoms. The number of benzene rings is 6. The van der Waals surface area contributed by atoms with Gasteiger partial charge in [-0.2, -0.15) is 10.2 Å². The first-order valence-electron chi connectivity index (χ1n) is 27.7. The second-order valence-electron chi connectivity index (χ2n) is 20.9. The Kier molecular flexibility index (Phi) is 23.7. The predicted octanol–water partition coefficient (Wildman–Crippen LogP) is 10.1. The summed E-state index contributed by atoms with van der Waals surface area (Å²) in [6, 6.07) is 36.9. The fourth-order valence-corrected chi connectivity index (χ4v) is 9.38. The van der Waals surface area contributed by atoms with Gasteiger partial charge >= 0.3 is 5.97 Å². The van der Waals surface area contributed by atoms with Crippen LogP contribution in [0.25, 0.3) is 21.8 Å². The summed E-state index contributed by atoms with van der Waals surface area (Å²) in [4.78, 5) is 103. The number of nitrogens with two attached hydrogens (primary N) is 1. The Labute approximate surface area is 511 Å². The van der Waals surface area contributed by atoms with Crippen LogP contribution in [0.1, 0.15) is 131 Å². The summed E-state index contributed by atoms with van der Waals surface area (Å²) in [6.45, 7) is 12.3. The van der Waals surface area contributed by atoms with Crippen molar-refractivity contribution in [2.24, 2.45) is 5.73 Å². The Balaban J connectivity index is 0.000000246. The van der Waals surface area contributed by atoms with Crippen molar-refractivity contribution in [3.63, 3.8) is 0 Å². The maximum absolute atomic E-state index is 14.2. The minimum atomic E-state index is -1.15. The van der Waals surface area contributed by atoms with Crippen molar-refractivity contribution in [3.05, 3.63) is 200 Å². The minimum Gasteiger partial charge on any atom is -0.478 e. The quantitative estimate of drug-likeness (QED) is 0.0421. The van der Waals surface area contributed by atoms with Gasteiger partial charge < -0.3 is 36.6 Å². The standard InChI is InChI=1S/C32H33ClFN5O4.C24H24ClFN4O5.C8H11N/c1-19(2)38(17-28(41)35-16-24-11-8-12-26(33)30(24)34)29(42)18-39-27-14-13-23(15-25(27)31(37-39)21(4)40)32(43)36-20(3)22-9-6-5-7-10-22;1-13(2)29(11-20(32)27-10-16-5-4-6-18(25)22(16)26)21(33)12-30-19-8-7-15(24(34)35)9-17(19)23(28-30)14(3)31;1-7(9)8-5-3-2-4-6-8/h5-15,19-20H,16-18H2,1-4H3,(H,35,41)(H,36,43);4-9,13H,10-12H2,1-3H3,(H,27,32)(H,34,35);2-7H,9H2,1H3. The number of amides is 5. The Hall–Kier alpha value is -9.18. The van der Waals surface area contributed by atoms with Gasteiger partial charge in [-0.1, -0.05) is 108 Å². The normalized spacial score (nSPS) is 11.6. The highest BCUT2D eigenvalue weighted by Crippen LogP contribution is 2.25. The van der Waals surface area contributed by atoms with Crippen molar-refractivity contribution in [1.29, 1.82) is 0 Å². The minimum absolute atomic E-state index is 0.0116. The van der Waals surface area contributed by atoms with Crippen LogP contribution in [0.4, 0.5) is 8.78 Å². The van der Waals surface area contributed by atoms with E-state index in [2.05, 4.69) is 26.1 Å². The molecule has 0 bridgehead atoms. The number of carbonyl (C=O) groups is 8. The lowest BCUT2D eigenvalue weighted by molar-refractivity contribution is -0.138. The van der Waals surface area contributed by atoms with Crippen LogP contribution in [-0.2, 0) is 45.4 Å². The number of aromatic nitrogens is 4. The number of carboxylic acid groups (broad SMARTS) is 1. The Morgan fingerprint density at radius 3 is 1.34 bits per heavy atom. The molecule has 0 aliphatic rings. The van der Waals surface area contributed by atoms with Gasteiger partial charge in [-0.3, -0.25) is 42.9 Å². The first-order valence-corrected chi connectivity index (χ1v) is 28.4. The largest absolute Gasteiger partial charge is 0.478 e. The molecule has 0 fully saturated rings. The van der Waals surface area contributed by atoms with E-state index in [1.807, 2.05) is 74.5 Å². The number of nitrogens with one attached hydrogen (secondary N) is 3. The van der Waals surface area contributed by atoms with Gasteiger partial charge in [-0.15, -0.1) is 0 Å². The van der Waals surface area contributed by atoms with Crippen molar-refractivity contribution in [1.82, 2.24) is 45.3 Å². The molecule has 2 unspecified atom stereocenters. The van der Waals surface area contributed by atoms with Crippen LogP contribution in [0.2, 0.25) is 10.0 Å². The SMILES string of the molecule is CC(=O)c1nn(CC(=O)N(CC(=O)NCc2cccc(Cl)c2F)C(C)C)c2ccc(C(=O)NC(C)c3ccccc3)cc12.CC(=O)c1nn(CC(=O)N(CC(=O)NCc2cccc(Cl)c2F)C(C)C)c2ccc(C(=O)O)cc12.CC(N)c1ccccc1. The third-order valence-electron chi connectivity index (χ3n) is 13.8. The van der Waals surface area contributed by atoms with Crippen LogP contribution < -0.4 is 21.7 Å². The molecule has 0 radical (unpaired) electrons. The molecule has 0 spiro atoms. The van der Waals surface area contributed by atoms with Gasteiger partial charge in [0.05, 0.1) is 45.8 Å². The van der Waals surface area contributed by atoms with E-state index in [1.165, 1.54) is 81.0 Å². The van der Waals surface area contributed by atoms with Crippen LogP contribution in [0.15, 0.2) is 133 Å². The van der Waals surface area contributed by atoms with E-state index in [9.17, 15) is 52.2 Å². The zero-order valence-electron chi connectivity index (χ0n) is 49.2. The highest BCUT2D eigenvalue weighted by atomic mass is 35.5. The zero-order chi connectivity index (χ0) is 63.8. The number of aromatic carboxylic acids is 1. The van der Waals surface area contributed by atoms with Crippen LogP contribution >= 0.6 is 23.2 Å². The Morgan fingerprint density at radius 2 is 0.966 bits per heavy atom. The number of fused-ring (bicyclic) bond motifs is 2. The van der Waals surface area contributed by atoms with E-state index in [-0.39, 0.29) is 119 Å². The van der Waals surface area contributed by atoms with Crippen molar-refractivity contribution in [3.8, 4) is 0 Å². The summed E-state index contributed by atoms with van der Waals surface area (Å²) in [6.07, 6.45) is 0. The molecule has 2 atom stereocenters. The van der Waals surface area contributed by atoms with E-state index < -0.39 is 41.2 Å². The molecule has 6 N–H and O–H groups in total. The van der Waals surface area contributed by atoms with Crippen LogP contribution in [0.3, 0.4) is 0 Å². The molecule has 0 saturated carbocycles. The van der Waals surface area contributed by atoms with E-state index in [0.717, 1.165) is 5.56 Å². The number of halogens is 4. The number of hydrogen-bond donors (Lipinski definition) is 5. The van der Waals surface area contributed by atoms with E-state index >= 15 is 0 Å². The number of hydrogen-bond acceptors (Lipinski definition) is 11. The molecule has 19 nitrogen and oxygen atoms in total. The molecule has 2 aromatic heterocycles. The maximum atomic E-state index is 14.2. The molecular weight excluding hydrogens is 1160 g/mol. The van der Waals surface area contributed by atoms with Crippen LogP contribution in [-0.4, -0.2) is 107 Å². The van der Waals surface area contributed by atoms with E-state index in [0.29, 0.717) is 27.4 Å². The molecule has 0 aliphatic heterocycles. The second kappa shape index (κ2) is 30.8. The summed E-state index contributed by atoms with van der Waals surface area (Å²) in [5.41, 5.74) is 9.63.